The van der Waals surface area contributed by atoms with E-state index in [1.54, 1.807) is 0 Å². The summed E-state index contributed by atoms with van der Waals surface area (Å²) in [6.07, 6.45) is 10.2. The predicted octanol–water partition coefficient (Wildman–Crippen LogP) is 3.49. The highest BCUT2D eigenvalue weighted by atomic mass is 16.5. The number of unbranched alkanes of at least 4 members (excludes halogenated alkanes) is 3. The zero-order valence-corrected chi connectivity index (χ0v) is 10.5. The third-order valence-corrected chi connectivity index (χ3v) is 4.38. The monoisotopic (exact) mass is 224 g/mol. The number of Topliss-reactive ketones (excluding diaryl/α,β-unsaturated/α-hetero) is 1. The lowest BCUT2D eigenvalue weighted by Crippen LogP contribution is -2.55. The van der Waals surface area contributed by atoms with Crippen LogP contribution in [0.25, 0.3) is 0 Å². The maximum absolute atomic E-state index is 11.2. The summed E-state index contributed by atoms with van der Waals surface area (Å²) in [5, 5.41) is 0. The SMILES string of the molecule is CCCCCC[C@@H]1COC12CCC(=O)CC2. The van der Waals surface area contributed by atoms with E-state index in [2.05, 4.69) is 6.92 Å². The molecule has 2 aliphatic rings. The van der Waals surface area contributed by atoms with E-state index >= 15 is 0 Å². The standard InChI is InChI=1S/C14H24O2/c1-2-3-4-5-6-12-11-16-14(12)9-7-13(15)8-10-14/h12H,2-11H2,1H3/t12-/m1/s1. The molecule has 16 heavy (non-hydrogen) atoms. The van der Waals surface area contributed by atoms with Gasteiger partial charge in [0, 0.05) is 18.8 Å². The Morgan fingerprint density at radius 2 is 2.00 bits per heavy atom. The van der Waals surface area contributed by atoms with Crippen molar-refractivity contribution >= 4 is 5.78 Å². The van der Waals surface area contributed by atoms with Crippen LogP contribution in [0.5, 0.6) is 0 Å². The van der Waals surface area contributed by atoms with Crippen molar-refractivity contribution in [1.82, 2.24) is 0 Å². The van der Waals surface area contributed by atoms with Crippen molar-refractivity contribution in [3.8, 4) is 0 Å². The maximum atomic E-state index is 11.2. The highest BCUT2D eigenvalue weighted by Gasteiger charge is 2.49. The first-order chi connectivity index (χ1) is 7.77. The predicted molar refractivity (Wildman–Crippen MR) is 64.4 cm³/mol. The molecule has 2 nitrogen and oxygen atoms in total. The van der Waals surface area contributed by atoms with Gasteiger partial charge >= 0.3 is 0 Å². The number of ketones is 1. The van der Waals surface area contributed by atoms with Crippen LogP contribution in [0.4, 0.5) is 0 Å². The molecule has 0 amide bonds. The molecule has 2 fully saturated rings. The summed E-state index contributed by atoms with van der Waals surface area (Å²) >= 11 is 0. The topological polar surface area (TPSA) is 26.3 Å². The molecular formula is C14H24O2. The van der Waals surface area contributed by atoms with Crippen LogP contribution in [0.2, 0.25) is 0 Å². The molecule has 1 aliphatic carbocycles. The number of carbonyl (C=O) groups excluding carboxylic acids is 1. The summed E-state index contributed by atoms with van der Waals surface area (Å²) in [4.78, 5) is 11.2. The smallest absolute Gasteiger partial charge is 0.133 e. The number of ether oxygens (including phenoxy) is 1. The average Bonchev–Trinajstić information content (AvgIpc) is 2.28. The molecule has 1 atom stereocenters. The van der Waals surface area contributed by atoms with Crippen LogP contribution < -0.4 is 0 Å². The van der Waals surface area contributed by atoms with Crippen LogP contribution >= 0.6 is 0 Å². The Bertz CT molecular complexity index is 237. The zero-order valence-electron chi connectivity index (χ0n) is 10.5. The largest absolute Gasteiger partial charge is 0.374 e. The molecule has 1 saturated carbocycles. The van der Waals surface area contributed by atoms with Gasteiger partial charge in [-0.15, -0.1) is 0 Å². The first-order valence-electron chi connectivity index (χ1n) is 6.92. The van der Waals surface area contributed by atoms with Crippen LogP contribution in [0, 0.1) is 5.92 Å². The molecule has 1 saturated heterocycles. The van der Waals surface area contributed by atoms with Crippen LogP contribution in [-0.4, -0.2) is 18.0 Å². The third-order valence-electron chi connectivity index (χ3n) is 4.38. The summed E-state index contributed by atoms with van der Waals surface area (Å²) < 4.78 is 5.82. The zero-order chi connectivity index (χ0) is 11.4. The first kappa shape index (κ1) is 12.1. The lowest BCUT2D eigenvalue weighted by Gasteiger charge is -2.51. The summed E-state index contributed by atoms with van der Waals surface area (Å²) in [6, 6.07) is 0. The van der Waals surface area contributed by atoms with Crippen molar-refractivity contribution in [2.45, 2.75) is 70.3 Å². The molecule has 0 aromatic rings. The van der Waals surface area contributed by atoms with Crippen molar-refractivity contribution in [3.63, 3.8) is 0 Å². The van der Waals surface area contributed by atoms with Gasteiger partial charge in [-0.1, -0.05) is 32.6 Å². The molecule has 0 N–H and O–H groups in total. The number of hydrogen-bond acceptors (Lipinski definition) is 2. The van der Waals surface area contributed by atoms with Crippen LogP contribution in [-0.2, 0) is 9.53 Å². The fourth-order valence-corrected chi connectivity index (χ4v) is 3.11. The van der Waals surface area contributed by atoms with E-state index in [0.29, 0.717) is 5.78 Å². The van der Waals surface area contributed by atoms with Gasteiger partial charge in [-0.05, 0) is 19.3 Å². The minimum atomic E-state index is 0.125. The molecule has 0 aromatic heterocycles. The van der Waals surface area contributed by atoms with Gasteiger partial charge in [0.2, 0.25) is 0 Å². The van der Waals surface area contributed by atoms with E-state index < -0.39 is 0 Å². The van der Waals surface area contributed by atoms with Gasteiger partial charge in [0.05, 0.1) is 12.2 Å². The van der Waals surface area contributed by atoms with Crippen molar-refractivity contribution in [3.05, 3.63) is 0 Å². The molecule has 0 unspecified atom stereocenters. The molecule has 0 radical (unpaired) electrons. The Kier molecular flexibility index (Phi) is 4.01. The minimum Gasteiger partial charge on any atom is -0.374 e. The molecule has 0 bridgehead atoms. The Labute approximate surface area is 98.7 Å². The van der Waals surface area contributed by atoms with Crippen molar-refractivity contribution < 1.29 is 9.53 Å². The normalized spacial score (nSPS) is 28.1. The number of hydrogen-bond donors (Lipinski definition) is 0. The van der Waals surface area contributed by atoms with Crippen LogP contribution in [0.3, 0.4) is 0 Å². The molecule has 92 valence electrons. The molecule has 1 heterocycles. The highest BCUT2D eigenvalue weighted by molar-refractivity contribution is 5.79. The number of rotatable bonds is 5. The Hall–Kier alpha value is -0.370. The Morgan fingerprint density at radius 1 is 1.25 bits per heavy atom. The van der Waals surface area contributed by atoms with Gasteiger partial charge in [-0.2, -0.15) is 0 Å². The molecule has 1 aliphatic heterocycles. The van der Waals surface area contributed by atoms with Crippen molar-refractivity contribution in [1.29, 1.82) is 0 Å². The van der Waals surface area contributed by atoms with Gasteiger partial charge in [-0.3, -0.25) is 4.79 Å². The van der Waals surface area contributed by atoms with E-state index in [0.717, 1.165) is 38.2 Å². The van der Waals surface area contributed by atoms with E-state index in [4.69, 9.17) is 4.74 Å². The van der Waals surface area contributed by atoms with Gasteiger partial charge < -0.3 is 4.74 Å². The van der Waals surface area contributed by atoms with E-state index in [-0.39, 0.29) is 5.60 Å². The molecular weight excluding hydrogens is 200 g/mol. The van der Waals surface area contributed by atoms with Gasteiger partial charge in [0.1, 0.15) is 5.78 Å². The molecule has 2 heteroatoms. The fourth-order valence-electron chi connectivity index (χ4n) is 3.11. The summed E-state index contributed by atoms with van der Waals surface area (Å²) in [6.45, 7) is 3.20. The second kappa shape index (κ2) is 5.31. The van der Waals surface area contributed by atoms with E-state index in [1.807, 2.05) is 0 Å². The highest BCUT2D eigenvalue weighted by Crippen LogP contribution is 2.46. The van der Waals surface area contributed by atoms with Crippen LogP contribution in [0.1, 0.15) is 64.7 Å². The van der Waals surface area contributed by atoms with E-state index in [9.17, 15) is 4.79 Å². The van der Waals surface area contributed by atoms with Crippen molar-refractivity contribution in [2.75, 3.05) is 6.61 Å². The number of carbonyl (C=O) groups is 1. The van der Waals surface area contributed by atoms with Gasteiger partial charge in [0.25, 0.3) is 0 Å². The molecule has 0 aromatic carbocycles. The Balaban J connectivity index is 1.72. The summed E-state index contributed by atoms with van der Waals surface area (Å²) in [5.74, 6) is 1.18. The first-order valence-corrected chi connectivity index (χ1v) is 6.92. The second-order valence-electron chi connectivity index (χ2n) is 5.46. The lowest BCUT2D eigenvalue weighted by molar-refractivity contribution is -0.220. The fraction of sp³-hybridized carbons (Fsp3) is 0.929. The average molecular weight is 224 g/mol. The quantitative estimate of drug-likeness (QED) is 0.668. The van der Waals surface area contributed by atoms with Gasteiger partial charge in [0.15, 0.2) is 0 Å². The second-order valence-corrected chi connectivity index (χ2v) is 5.46. The minimum absolute atomic E-state index is 0.125. The maximum Gasteiger partial charge on any atom is 0.133 e. The summed E-state index contributed by atoms with van der Waals surface area (Å²) in [5.41, 5.74) is 0.125. The van der Waals surface area contributed by atoms with E-state index in [1.165, 1.54) is 32.1 Å². The third kappa shape index (κ3) is 2.48. The molecule has 1 spiro atoms. The van der Waals surface area contributed by atoms with Gasteiger partial charge in [-0.25, -0.2) is 0 Å². The summed E-state index contributed by atoms with van der Waals surface area (Å²) in [7, 11) is 0. The lowest BCUT2D eigenvalue weighted by atomic mass is 9.70. The van der Waals surface area contributed by atoms with Crippen molar-refractivity contribution in [2.24, 2.45) is 5.92 Å². The Morgan fingerprint density at radius 3 is 2.56 bits per heavy atom. The van der Waals surface area contributed by atoms with Crippen LogP contribution in [0.15, 0.2) is 0 Å². The molecule has 2 rings (SSSR count).